The number of thiophene rings is 1. The zero-order chi connectivity index (χ0) is 24.2. The minimum Gasteiger partial charge on any atom is -0.383 e. The van der Waals surface area contributed by atoms with E-state index in [9.17, 15) is 4.79 Å². The molecule has 0 saturated carbocycles. The number of nitrogens with one attached hydrogen (secondary N) is 3. The Balaban J connectivity index is 1.43. The normalized spacial score (nSPS) is 13.2. The first-order valence-corrected chi connectivity index (χ1v) is 13.4. The van der Waals surface area contributed by atoms with Crippen molar-refractivity contribution in [2.75, 3.05) is 38.7 Å². The predicted octanol–water partition coefficient (Wildman–Crippen LogP) is 4.61. The molecule has 0 atom stereocenters. The van der Waals surface area contributed by atoms with Gasteiger partial charge in [0.25, 0.3) is 0 Å². The number of thiazole rings is 1. The fraction of sp³-hybridized carbons (Fsp3) is 0.346. The van der Waals surface area contributed by atoms with Crippen LogP contribution < -0.4 is 16.0 Å². The van der Waals surface area contributed by atoms with Gasteiger partial charge in [-0.3, -0.25) is 9.78 Å². The fourth-order valence-corrected chi connectivity index (χ4v) is 6.52. The van der Waals surface area contributed by atoms with Gasteiger partial charge in [0, 0.05) is 61.1 Å². The lowest BCUT2D eigenvalue weighted by Gasteiger charge is -2.13. The Labute approximate surface area is 213 Å². The van der Waals surface area contributed by atoms with E-state index in [1.165, 1.54) is 10.4 Å². The number of carbonyl (C=O) groups excluding carboxylic acids is 1. The van der Waals surface area contributed by atoms with Gasteiger partial charge in [-0.05, 0) is 49.2 Å². The van der Waals surface area contributed by atoms with E-state index in [0.29, 0.717) is 19.6 Å². The molecule has 1 amide bonds. The Kier molecular flexibility index (Phi) is 7.50. The summed E-state index contributed by atoms with van der Waals surface area (Å²) in [7, 11) is 1.67. The summed E-state index contributed by atoms with van der Waals surface area (Å²) < 4.78 is 6.18. The number of anilines is 1. The van der Waals surface area contributed by atoms with Crippen molar-refractivity contribution in [2.45, 2.75) is 26.3 Å². The average Bonchev–Trinajstić information content (AvgIpc) is 3.44. The van der Waals surface area contributed by atoms with Gasteiger partial charge >= 0.3 is 0 Å². The number of benzene rings is 1. The first-order valence-electron chi connectivity index (χ1n) is 11.8. The molecule has 0 aliphatic carbocycles. The Morgan fingerprint density at radius 2 is 2.06 bits per heavy atom. The zero-order valence-electron chi connectivity index (χ0n) is 19.9. The van der Waals surface area contributed by atoms with E-state index in [1.54, 1.807) is 29.8 Å². The van der Waals surface area contributed by atoms with E-state index in [1.807, 2.05) is 19.2 Å². The summed E-state index contributed by atoms with van der Waals surface area (Å²) in [5, 5.41) is 11.7. The number of rotatable bonds is 9. The minimum atomic E-state index is 0.0120. The molecule has 3 N–H and O–H groups in total. The average molecular weight is 508 g/mol. The molecule has 4 heterocycles. The molecule has 0 saturated heterocycles. The largest absolute Gasteiger partial charge is 0.383 e. The zero-order valence-corrected chi connectivity index (χ0v) is 21.6. The molecule has 182 valence electrons. The van der Waals surface area contributed by atoms with Gasteiger partial charge < -0.3 is 20.7 Å². The second-order valence-corrected chi connectivity index (χ2v) is 10.7. The van der Waals surface area contributed by atoms with E-state index in [2.05, 4.69) is 45.2 Å². The van der Waals surface area contributed by atoms with Crippen LogP contribution in [0.3, 0.4) is 0 Å². The summed E-state index contributed by atoms with van der Waals surface area (Å²) in [5.74, 6) is 0.0120. The number of aryl methyl sites for hydroxylation is 1. The van der Waals surface area contributed by atoms with Gasteiger partial charge in [0.1, 0.15) is 10.0 Å². The molecule has 0 spiro atoms. The maximum atomic E-state index is 12.7. The van der Waals surface area contributed by atoms with Crippen molar-refractivity contribution in [1.29, 1.82) is 0 Å². The minimum absolute atomic E-state index is 0.0120. The lowest BCUT2D eigenvalue weighted by molar-refractivity contribution is -0.116. The third kappa shape index (κ3) is 5.44. The Morgan fingerprint density at radius 1 is 1.17 bits per heavy atom. The quantitative estimate of drug-likeness (QED) is 0.287. The number of amides is 1. The summed E-state index contributed by atoms with van der Waals surface area (Å²) in [5.41, 5.74) is 6.56. The highest BCUT2D eigenvalue weighted by Gasteiger charge is 2.25. The molecule has 0 radical (unpaired) electrons. The summed E-state index contributed by atoms with van der Waals surface area (Å²) in [6.07, 6.45) is 3.26. The standard InChI is InChI=1S/C26H29N5O2S2/c1-16-3-4-18(14-29-16)17-5-6-21-20(13-17)30-25(34-21)24-19-7-9-28-15-22(19)35-26(24)31-23(32)8-10-27-11-12-33-2/h3-6,13-14,27-28H,7-12,15H2,1-2H3,(H,31,32). The van der Waals surface area contributed by atoms with Crippen molar-refractivity contribution in [1.82, 2.24) is 20.6 Å². The maximum Gasteiger partial charge on any atom is 0.226 e. The third-order valence-corrected chi connectivity index (χ3v) is 8.24. The van der Waals surface area contributed by atoms with Crippen LogP contribution >= 0.6 is 22.7 Å². The molecule has 1 aliphatic rings. The number of aromatic nitrogens is 2. The second-order valence-electron chi connectivity index (χ2n) is 8.57. The van der Waals surface area contributed by atoms with Gasteiger partial charge in [-0.1, -0.05) is 12.1 Å². The molecular weight excluding hydrogens is 478 g/mol. The van der Waals surface area contributed by atoms with Crippen LogP contribution in [0.1, 0.15) is 22.6 Å². The number of hydrogen-bond donors (Lipinski definition) is 3. The van der Waals surface area contributed by atoms with Crippen LogP contribution in [0.4, 0.5) is 5.00 Å². The fourth-order valence-electron chi connectivity index (χ4n) is 4.19. The molecule has 3 aromatic heterocycles. The first kappa shape index (κ1) is 24.0. The Hall–Kier alpha value is -2.69. The van der Waals surface area contributed by atoms with Gasteiger partial charge in [0.15, 0.2) is 0 Å². The van der Waals surface area contributed by atoms with Gasteiger partial charge in [-0.2, -0.15) is 0 Å². The summed E-state index contributed by atoms with van der Waals surface area (Å²) in [4.78, 5) is 23.5. The molecular formula is C26H29N5O2S2. The van der Waals surface area contributed by atoms with Crippen LogP contribution in [0.15, 0.2) is 36.5 Å². The van der Waals surface area contributed by atoms with E-state index in [0.717, 1.165) is 68.7 Å². The van der Waals surface area contributed by atoms with Crippen LogP contribution in [0.25, 0.3) is 31.9 Å². The van der Waals surface area contributed by atoms with Crippen molar-refractivity contribution in [3.05, 3.63) is 52.7 Å². The van der Waals surface area contributed by atoms with Crippen LogP contribution in [-0.4, -0.2) is 49.2 Å². The monoisotopic (exact) mass is 507 g/mol. The molecule has 1 aromatic carbocycles. The second kappa shape index (κ2) is 10.9. The maximum absolute atomic E-state index is 12.7. The highest BCUT2D eigenvalue weighted by molar-refractivity contribution is 7.23. The SMILES string of the molecule is COCCNCCC(=O)Nc1sc2c(c1-c1nc3cc(-c4ccc(C)nc4)ccc3s1)CCNC2. The highest BCUT2D eigenvalue weighted by atomic mass is 32.1. The molecule has 1 aliphatic heterocycles. The lowest BCUT2D eigenvalue weighted by Crippen LogP contribution is -2.24. The van der Waals surface area contributed by atoms with E-state index in [-0.39, 0.29) is 5.91 Å². The third-order valence-electron chi connectivity index (χ3n) is 6.04. The molecule has 7 nitrogen and oxygen atoms in total. The number of methoxy groups -OCH3 is 1. The molecule has 5 rings (SSSR count). The highest BCUT2D eigenvalue weighted by Crippen LogP contribution is 2.45. The molecule has 35 heavy (non-hydrogen) atoms. The number of carbonyl (C=O) groups is 1. The predicted molar refractivity (Wildman–Crippen MR) is 144 cm³/mol. The smallest absolute Gasteiger partial charge is 0.226 e. The van der Waals surface area contributed by atoms with Crippen molar-refractivity contribution in [3.63, 3.8) is 0 Å². The van der Waals surface area contributed by atoms with Crippen molar-refractivity contribution >= 4 is 43.8 Å². The summed E-state index contributed by atoms with van der Waals surface area (Å²) in [6, 6.07) is 10.5. The first-order chi connectivity index (χ1) is 17.1. The number of nitrogens with zero attached hydrogens (tertiary/aromatic N) is 2. The molecule has 9 heteroatoms. The Morgan fingerprint density at radius 3 is 2.89 bits per heavy atom. The van der Waals surface area contributed by atoms with Gasteiger partial charge in [0.05, 0.1) is 16.8 Å². The lowest BCUT2D eigenvalue weighted by atomic mass is 10.0. The van der Waals surface area contributed by atoms with E-state index in [4.69, 9.17) is 9.72 Å². The van der Waals surface area contributed by atoms with Crippen LogP contribution in [0.2, 0.25) is 0 Å². The number of pyridine rings is 1. The number of fused-ring (bicyclic) bond motifs is 2. The topological polar surface area (TPSA) is 88.2 Å². The van der Waals surface area contributed by atoms with E-state index >= 15 is 0 Å². The number of hydrogen-bond acceptors (Lipinski definition) is 8. The van der Waals surface area contributed by atoms with Crippen molar-refractivity contribution in [3.8, 4) is 21.7 Å². The van der Waals surface area contributed by atoms with E-state index < -0.39 is 0 Å². The van der Waals surface area contributed by atoms with Gasteiger partial charge in [0.2, 0.25) is 5.91 Å². The van der Waals surface area contributed by atoms with Gasteiger partial charge in [-0.25, -0.2) is 4.98 Å². The summed E-state index contributed by atoms with van der Waals surface area (Å²) >= 11 is 3.35. The summed E-state index contributed by atoms with van der Waals surface area (Å²) in [6.45, 7) is 5.75. The van der Waals surface area contributed by atoms with Crippen LogP contribution in [0.5, 0.6) is 0 Å². The molecule has 0 bridgehead atoms. The van der Waals surface area contributed by atoms with Crippen molar-refractivity contribution < 1.29 is 9.53 Å². The molecule has 4 aromatic rings. The Bertz CT molecular complexity index is 1330. The van der Waals surface area contributed by atoms with Gasteiger partial charge in [-0.15, -0.1) is 22.7 Å². The van der Waals surface area contributed by atoms with Crippen LogP contribution in [0, 0.1) is 6.92 Å². The molecule has 0 fully saturated rings. The number of ether oxygens (including phenoxy) is 1. The van der Waals surface area contributed by atoms with Crippen molar-refractivity contribution in [2.24, 2.45) is 0 Å². The molecule has 0 unspecified atom stereocenters. The van der Waals surface area contributed by atoms with Crippen LogP contribution in [-0.2, 0) is 22.5 Å².